The highest BCUT2D eigenvalue weighted by atomic mass is 15.2. The summed E-state index contributed by atoms with van der Waals surface area (Å²) in [5.74, 6) is 0. The molecule has 0 amide bonds. The molecular weight excluding hydrogens is 150 g/mol. The molecule has 0 aliphatic carbocycles. The molecule has 0 aromatic rings. The molecule has 1 unspecified atom stereocenters. The second-order valence-electron chi connectivity index (χ2n) is 4.13. The van der Waals surface area contributed by atoms with Gasteiger partial charge in [-0.3, -0.25) is 4.90 Å². The number of likely N-dealkylation sites (tertiary alicyclic amines) is 1. The molecule has 0 aromatic heterocycles. The molecule has 1 atom stereocenters. The summed E-state index contributed by atoms with van der Waals surface area (Å²) in [5, 5.41) is 3.42. The Labute approximate surface area is 74.3 Å². The highest BCUT2D eigenvalue weighted by Gasteiger charge is 2.26. The van der Waals surface area contributed by atoms with Gasteiger partial charge in [0.15, 0.2) is 0 Å². The monoisotopic (exact) mass is 170 g/mol. The van der Waals surface area contributed by atoms with Crippen molar-refractivity contribution in [3.8, 4) is 0 Å². The van der Waals surface area contributed by atoms with Crippen LogP contribution in [0.4, 0.5) is 0 Å². The Hall–Kier alpha value is -0.120. The standard InChI is InChI=1S/C9H19N3/c10-8-2-5-12(6-3-8)9-1-4-11-7-9/h8-9,11H,1-7,10H2/p+1. The van der Waals surface area contributed by atoms with Crippen LogP contribution in [0.15, 0.2) is 0 Å². The third kappa shape index (κ3) is 1.79. The zero-order chi connectivity index (χ0) is 8.39. The van der Waals surface area contributed by atoms with Gasteiger partial charge in [0, 0.05) is 38.5 Å². The van der Waals surface area contributed by atoms with E-state index >= 15 is 0 Å². The molecule has 0 saturated carbocycles. The molecule has 2 aliphatic heterocycles. The van der Waals surface area contributed by atoms with E-state index in [1.54, 1.807) is 0 Å². The van der Waals surface area contributed by atoms with Crippen molar-refractivity contribution in [2.45, 2.75) is 31.3 Å². The Morgan fingerprint density at radius 1 is 1.17 bits per heavy atom. The maximum absolute atomic E-state index is 4.12. The first-order valence-corrected chi connectivity index (χ1v) is 5.14. The van der Waals surface area contributed by atoms with Crippen LogP contribution < -0.4 is 11.1 Å². The van der Waals surface area contributed by atoms with Crippen molar-refractivity contribution in [1.82, 2.24) is 10.2 Å². The molecule has 70 valence electrons. The minimum Gasteiger partial charge on any atom is -0.355 e. The fourth-order valence-corrected chi connectivity index (χ4v) is 2.27. The van der Waals surface area contributed by atoms with E-state index in [4.69, 9.17) is 0 Å². The minimum absolute atomic E-state index is 0.718. The maximum atomic E-state index is 4.12. The van der Waals surface area contributed by atoms with Gasteiger partial charge in [-0.1, -0.05) is 0 Å². The van der Waals surface area contributed by atoms with Gasteiger partial charge in [-0.05, 0) is 13.0 Å². The third-order valence-electron chi connectivity index (χ3n) is 3.20. The smallest absolute Gasteiger partial charge is 0.0868 e. The van der Waals surface area contributed by atoms with Crippen molar-refractivity contribution in [1.29, 1.82) is 0 Å². The number of hydrogen-bond donors (Lipinski definition) is 2. The molecule has 3 nitrogen and oxygen atoms in total. The van der Waals surface area contributed by atoms with Gasteiger partial charge >= 0.3 is 0 Å². The first kappa shape index (κ1) is 8.48. The van der Waals surface area contributed by atoms with E-state index in [1.807, 2.05) is 0 Å². The number of hydrogen-bond acceptors (Lipinski definition) is 2. The zero-order valence-corrected chi connectivity index (χ0v) is 7.76. The van der Waals surface area contributed by atoms with Crippen LogP contribution in [0.5, 0.6) is 0 Å². The predicted octanol–water partition coefficient (Wildman–Crippen LogP) is -0.945. The summed E-state index contributed by atoms with van der Waals surface area (Å²) in [4.78, 5) is 2.64. The van der Waals surface area contributed by atoms with E-state index in [1.165, 1.54) is 45.4 Å². The number of piperidine rings is 1. The fourth-order valence-electron chi connectivity index (χ4n) is 2.27. The molecule has 2 fully saturated rings. The van der Waals surface area contributed by atoms with Gasteiger partial charge in [0.05, 0.1) is 6.04 Å². The summed E-state index contributed by atoms with van der Waals surface area (Å²) in [6.07, 6.45) is 3.95. The Morgan fingerprint density at radius 2 is 1.92 bits per heavy atom. The average Bonchev–Trinajstić information content (AvgIpc) is 2.58. The van der Waals surface area contributed by atoms with Crippen LogP contribution in [-0.4, -0.2) is 43.2 Å². The largest absolute Gasteiger partial charge is 0.355 e. The second-order valence-corrected chi connectivity index (χ2v) is 4.13. The van der Waals surface area contributed by atoms with Gasteiger partial charge < -0.3 is 11.1 Å². The van der Waals surface area contributed by atoms with Gasteiger partial charge in [-0.2, -0.15) is 0 Å². The fraction of sp³-hybridized carbons (Fsp3) is 1.00. The molecule has 4 N–H and O–H groups in total. The van der Waals surface area contributed by atoms with Crippen LogP contribution in [0.1, 0.15) is 19.3 Å². The number of quaternary nitrogens is 1. The lowest BCUT2D eigenvalue weighted by molar-refractivity contribution is -0.426. The predicted molar refractivity (Wildman–Crippen MR) is 48.8 cm³/mol. The van der Waals surface area contributed by atoms with E-state index in [-0.39, 0.29) is 0 Å². The quantitative estimate of drug-likeness (QED) is 0.533. The molecule has 0 aromatic carbocycles. The van der Waals surface area contributed by atoms with Gasteiger partial charge in [-0.15, -0.1) is 0 Å². The Kier molecular flexibility index (Phi) is 2.63. The van der Waals surface area contributed by atoms with Gasteiger partial charge in [-0.25, -0.2) is 0 Å². The van der Waals surface area contributed by atoms with Gasteiger partial charge in [0.2, 0.25) is 0 Å². The highest BCUT2D eigenvalue weighted by molar-refractivity contribution is 4.83. The van der Waals surface area contributed by atoms with E-state index < -0.39 is 0 Å². The molecule has 2 aliphatic rings. The Morgan fingerprint density at radius 3 is 2.50 bits per heavy atom. The van der Waals surface area contributed by atoms with E-state index in [0.29, 0.717) is 0 Å². The van der Waals surface area contributed by atoms with Crippen molar-refractivity contribution < 1.29 is 5.73 Å². The molecule has 12 heavy (non-hydrogen) atoms. The normalized spacial score (nSPS) is 34.2. The van der Waals surface area contributed by atoms with E-state index in [2.05, 4.69) is 16.0 Å². The molecule has 2 heterocycles. The Bertz CT molecular complexity index is 135. The molecule has 2 rings (SSSR count). The average molecular weight is 170 g/mol. The maximum Gasteiger partial charge on any atom is 0.0868 e. The van der Waals surface area contributed by atoms with E-state index in [9.17, 15) is 0 Å². The summed E-state index contributed by atoms with van der Waals surface area (Å²) in [6.45, 7) is 4.98. The van der Waals surface area contributed by atoms with Crippen LogP contribution in [0, 0.1) is 0 Å². The topological polar surface area (TPSA) is 42.9 Å². The van der Waals surface area contributed by atoms with Crippen molar-refractivity contribution >= 4 is 0 Å². The van der Waals surface area contributed by atoms with Crippen molar-refractivity contribution in [3.05, 3.63) is 0 Å². The number of nitrogens with one attached hydrogen (secondary N) is 1. The lowest BCUT2D eigenvalue weighted by Gasteiger charge is -2.32. The highest BCUT2D eigenvalue weighted by Crippen LogP contribution is 2.14. The zero-order valence-electron chi connectivity index (χ0n) is 7.76. The minimum atomic E-state index is 0.718. The molecule has 2 saturated heterocycles. The molecular formula is C9H20N3+. The number of rotatable bonds is 1. The number of nitrogens with zero attached hydrogens (tertiary/aromatic N) is 1. The van der Waals surface area contributed by atoms with Crippen molar-refractivity contribution in [2.24, 2.45) is 0 Å². The summed E-state index contributed by atoms with van der Waals surface area (Å²) < 4.78 is 0. The molecule has 0 radical (unpaired) electrons. The first-order chi connectivity index (χ1) is 5.86. The molecule has 0 spiro atoms. The Balaban J connectivity index is 1.80. The van der Waals surface area contributed by atoms with Crippen LogP contribution in [-0.2, 0) is 0 Å². The van der Waals surface area contributed by atoms with Crippen LogP contribution in [0.25, 0.3) is 0 Å². The van der Waals surface area contributed by atoms with Crippen LogP contribution in [0.2, 0.25) is 0 Å². The SMILES string of the molecule is [NH3+]C1CCN(C2CCNC2)CC1. The molecule has 3 heteroatoms. The van der Waals surface area contributed by atoms with Gasteiger partial charge in [0.25, 0.3) is 0 Å². The summed E-state index contributed by atoms with van der Waals surface area (Å²) >= 11 is 0. The lowest BCUT2D eigenvalue weighted by Crippen LogP contribution is -2.64. The van der Waals surface area contributed by atoms with Gasteiger partial charge in [0.1, 0.15) is 0 Å². The van der Waals surface area contributed by atoms with Crippen LogP contribution >= 0.6 is 0 Å². The van der Waals surface area contributed by atoms with E-state index in [0.717, 1.165) is 12.1 Å². The van der Waals surface area contributed by atoms with Crippen molar-refractivity contribution in [2.75, 3.05) is 26.2 Å². The summed E-state index contributed by atoms with van der Waals surface area (Å²) in [6, 6.07) is 1.55. The van der Waals surface area contributed by atoms with Crippen molar-refractivity contribution in [3.63, 3.8) is 0 Å². The second kappa shape index (κ2) is 3.73. The molecule has 0 bridgehead atoms. The third-order valence-corrected chi connectivity index (χ3v) is 3.20. The summed E-state index contributed by atoms with van der Waals surface area (Å²) in [7, 11) is 0. The lowest BCUT2D eigenvalue weighted by atomic mass is 10.0. The summed E-state index contributed by atoms with van der Waals surface area (Å²) in [5.41, 5.74) is 4.12. The van der Waals surface area contributed by atoms with Crippen LogP contribution in [0.3, 0.4) is 0 Å². The first-order valence-electron chi connectivity index (χ1n) is 5.14.